The van der Waals surface area contributed by atoms with Crippen LogP contribution < -0.4 is 10.1 Å². The van der Waals surface area contributed by atoms with Crippen molar-refractivity contribution < 1.29 is 19.4 Å². The number of benzene rings is 1. The molecule has 0 heterocycles. The lowest BCUT2D eigenvalue weighted by Crippen LogP contribution is -2.41. The predicted octanol–water partition coefficient (Wildman–Crippen LogP) is 2.79. The number of carboxylic acid groups (broad SMARTS) is 1. The summed E-state index contributed by atoms with van der Waals surface area (Å²) in [6.07, 6.45) is 4.71. The zero-order valence-electron chi connectivity index (χ0n) is 13.9. The Bertz CT molecular complexity index is 669. The fourth-order valence-corrected chi connectivity index (χ4v) is 3.95. The smallest absolute Gasteiger partial charge is 0.307 e. The van der Waals surface area contributed by atoms with Gasteiger partial charge in [0.05, 0.1) is 24.5 Å². The van der Waals surface area contributed by atoms with E-state index in [0.29, 0.717) is 6.61 Å². The van der Waals surface area contributed by atoms with Crippen LogP contribution in [-0.2, 0) is 9.59 Å². The Morgan fingerprint density at radius 3 is 2.67 bits per heavy atom. The summed E-state index contributed by atoms with van der Waals surface area (Å²) in [6.45, 7) is 4.41. The summed E-state index contributed by atoms with van der Waals surface area (Å²) in [7, 11) is 0. The molecule has 0 radical (unpaired) electrons. The number of ether oxygens (including phenoxy) is 1. The molecule has 1 aromatic rings. The lowest BCUT2D eigenvalue weighted by atomic mass is 9.82. The zero-order valence-corrected chi connectivity index (χ0v) is 13.9. The van der Waals surface area contributed by atoms with E-state index in [4.69, 9.17) is 4.74 Å². The van der Waals surface area contributed by atoms with Gasteiger partial charge in [0.2, 0.25) is 5.91 Å². The van der Waals surface area contributed by atoms with Gasteiger partial charge in [-0.05, 0) is 49.8 Å². The first-order valence-corrected chi connectivity index (χ1v) is 8.45. The van der Waals surface area contributed by atoms with Crippen LogP contribution in [0.5, 0.6) is 5.75 Å². The summed E-state index contributed by atoms with van der Waals surface area (Å²) in [5.41, 5.74) is 0.944. The Morgan fingerprint density at radius 2 is 2.00 bits per heavy atom. The number of carbonyl (C=O) groups excluding carboxylic acids is 1. The third kappa shape index (κ3) is 3.03. The van der Waals surface area contributed by atoms with Crippen molar-refractivity contribution in [1.29, 1.82) is 0 Å². The van der Waals surface area contributed by atoms with Gasteiger partial charge >= 0.3 is 5.97 Å². The van der Waals surface area contributed by atoms with Gasteiger partial charge in [0, 0.05) is 0 Å². The number of hydrogen-bond acceptors (Lipinski definition) is 3. The molecule has 2 N–H and O–H groups in total. The highest BCUT2D eigenvalue weighted by Gasteiger charge is 2.51. The molecule has 2 aliphatic carbocycles. The maximum Gasteiger partial charge on any atom is 0.307 e. The highest BCUT2D eigenvalue weighted by molar-refractivity contribution is 5.87. The van der Waals surface area contributed by atoms with Crippen LogP contribution in [0.3, 0.4) is 0 Å². The van der Waals surface area contributed by atoms with Crippen molar-refractivity contribution in [3.63, 3.8) is 0 Å². The monoisotopic (exact) mass is 329 g/mol. The molecule has 5 heteroatoms. The molecule has 0 saturated heterocycles. The van der Waals surface area contributed by atoms with Gasteiger partial charge in [-0.25, -0.2) is 0 Å². The minimum Gasteiger partial charge on any atom is -0.494 e. The summed E-state index contributed by atoms with van der Waals surface area (Å²) >= 11 is 0. The molecule has 5 unspecified atom stereocenters. The SMILES string of the molecule is CCOc1cccc(C(C)NC(=O)C2C3C=CC(C3)C2C(=O)O)c1. The van der Waals surface area contributed by atoms with Gasteiger partial charge in [-0.3, -0.25) is 9.59 Å². The van der Waals surface area contributed by atoms with Gasteiger partial charge < -0.3 is 15.2 Å². The average molecular weight is 329 g/mol. The van der Waals surface area contributed by atoms with Crippen LogP contribution in [0.2, 0.25) is 0 Å². The number of carboxylic acids is 1. The summed E-state index contributed by atoms with van der Waals surface area (Å²) in [5.74, 6) is -1.34. The number of allylic oxidation sites excluding steroid dienone is 2. The Morgan fingerprint density at radius 1 is 1.29 bits per heavy atom. The van der Waals surface area contributed by atoms with Gasteiger partial charge in [0.25, 0.3) is 0 Å². The Hall–Kier alpha value is -2.30. The molecule has 1 aromatic carbocycles. The van der Waals surface area contributed by atoms with E-state index in [1.165, 1.54) is 0 Å². The van der Waals surface area contributed by atoms with Crippen LogP contribution >= 0.6 is 0 Å². The summed E-state index contributed by atoms with van der Waals surface area (Å²) < 4.78 is 5.49. The normalized spacial score (nSPS) is 28.6. The number of amides is 1. The topological polar surface area (TPSA) is 75.6 Å². The Kier molecular flexibility index (Phi) is 4.60. The molecule has 2 bridgehead atoms. The van der Waals surface area contributed by atoms with Crippen LogP contribution in [0.1, 0.15) is 31.9 Å². The molecule has 3 rings (SSSR count). The molecule has 0 aromatic heterocycles. The summed E-state index contributed by atoms with van der Waals surface area (Å²) in [6, 6.07) is 7.41. The van der Waals surface area contributed by atoms with Crippen molar-refractivity contribution in [3.05, 3.63) is 42.0 Å². The molecule has 0 spiro atoms. The number of hydrogen-bond donors (Lipinski definition) is 2. The van der Waals surface area contributed by atoms with Crippen molar-refractivity contribution in [2.45, 2.75) is 26.3 Å². The zero-order chi connectivity index (χ0) is 17.3. The lowest BCUT2D eigenvalue weighted by Gasteiger charge is -2.26. The van der Waals surface area contributed by atoms with Gasteiger partial charge in [-0.1, -0.05) is 24.3 Å². The third-order valence-corrected chi connectivity index (χ3v) is 5.08. The summed E-state index contributed by atoms with van der Waals surface area (Å²) in [4.78, 5) is 24.3. The minimum absolute atomic E-state index is 0.0140. The highest BCUT2D eigenvalue weighted by Crippen LogP contribution is 2.48. The molecule has 24 heavy (non-hydrogen) atoms. The van der Waals surface area contributed by atoms with Gasteiger partial charge in [-0.2, -0.15) is 0 Å². The number of nitrogens with one attached hydrogen (secondary N) is 1. The molecular formula is C19H23NO4. The van der Waals surface area contributed by atoms with E-state index >= 15 is 0 Å². The van der Waals surface area contributed by atoms with E-state index in [9.17, 15) is 14.7 Å². The molecular weight excluding hydrogens is 306 g/mol. The highest BCUT2D eigenvalue weighted by atomic mass is 16.5. The molecule has 0 aliphatic heterocycles. The lowest BCUT2D eigenvalue weighted by molar-refractivity contribution is -0.148. The fourth-order valence-electron chi connectivity index (χ4n) is 3.95. The molecule has 1 amide bonds. The van der Waals surface area contributed by atoms with Crippen LogP contribution in [0, 0.1) is 23.7 Å². The van der Waals surface area contributed by atoms with E-state index in [0.717, 1.165) is 17.7 Å². The van der Waals surface area contributed by atoms with E-state index in [-0.39, 0.29) is 23.8 Å². The fraction of sp³-hybridized carbons (Fsp3) is 0.474. The van der Waals surface area contributed by atoms with Crippen molar-refractivity contribution >= 4 is 11.9 Å². The standard InChI is InChI=1S/C19H23NO4/c1-3-24-15-6-4-5-12(10-15)11(2)20-18(21)16-13-7-8-14(9-13)17(16)19(22)23/h4-8,10-11,13-14,16-17H,3,9H2,1-2H3,(H,20,21)(H,22,23). The van der Waals surface area contributed by atoms with Gasteiger partial charge in [-0.15, -0.1) is 0 Å². The Labute approximate surface area is 141 Å². The predicted molar refractivity (Wildman–Crippen MR) is 89.5 cm³/mol. The molecule has 1 saturated carbocycles. The van der Waals surface area contributed by atoms with Gasteiger partial charge in [0.15, 0.2) is 0 Å². The second-order valence-electron chi connectivity index (χ2n) is 6.57. The maximum absolute atomic E-state index is 12.7. The van der Waals surface area contributed by atoms with Crippen LogP contribution in [0.4, 0.5) is 0 Å². The number of aliphatic carboxylic acids is 1. The average Bonchev–Trinajstić information content (AvgIpc) is 3.16. The molecule has 5 nitrogen and oxygen atoms in total. The second kappa shape index (κ2) is 6.67. The maximum atomic E-state index is 12.7. The van der Waals surface area contributed by atoms with Crippen molar-refractivity contribution in [3.8, 4) is 5.75 Å². The second-order valence-corrected chi connectivity index (χ2v) is 6.57. The minimum atomic E-state index is -0.877. The summed E-state index contributed by atoms with van der Waals surface area (Å²) in [5, 5.41) is 12.5. The Balaban J connectivity index is 1.71. The van der Waals surface area contributed by atoms with E-state index in [2.05, 4.69) is 5.32 Å². The number of rotatable bonds is 6. The van der Waals surface area contributed by atoms with E-state index in [1.54, 1.807) is 0 Å². The first-order valence-electron chi connectivity index (χ1n) is 8.45. The number of fused-ring (bicyclic) bond motifs is 2. The molecule has 1 fully saturated rings. The third-order valence-electron chi connectivity index (χ3n) is 5.08. The largest absolute Gasteiger partial charge is 0.494 e. The van der Waals surface area contributed by atoms with E-state index in [1.807, 2.05) is 50.3 Å². The van der Waals surface area contributed by atoms with Crippen LogP contribution in [0.15, 0.2) is 36.4 Å². The van der Waals surface area contributed by atoms with Crippen molar-refractivity contribution in [1.82, 2.24) is 5.32 Å². The number of carbonyl (C=O) groups is 2. The molecule has 2 aliphatic rings. The van der Waals surface area contributed by atoms with E-state index < -0.39 is 17.8 Å². The molecule has 128 valence electrons. The van der Waals surface area contributed by atoms with Crippen LogP contribution in [-0.4, -0.2) is 23.6 Å². The molecule has 5 atom stereocenters. The van der Waals surface area contributed by atoms with Crippen molar-refractivity contribution in [2.75, 3.05) is 6.61 Å². The van der Waals surface area contributed by atoms with Gasteiger partial charge in [0.1, 0.15) is 5.75 Å². The first-order chi connectivity index (χ1) is 11.5. The first kappa shape index (κ1) is 16.6. The van der Waals surface area contributed by atoms with Crippen LogP contribution in [0.25, 0.3) is 0 Å². The quantitative estimate of drug-likeness (QED) is 0.787. The van der Waals surface area contributed by atoms with Crippen molar-refractivity contribution in [2.24, 2.45) is 23.7 Å².